The van der Waals surface area contributed by atoms with Crippen molar-refractivity contribution < 1.29 is 37.7 Å². The first-order valence-electron chi connectivity index (χ1n) is 10.3. The maximum absolute atomic E-state index is 12.6. The maximum Gasteiger partial charge on any atom is 0.416 e. The van der Waals surface area contributed by atoms with E-state index in [9.17, 15) is 28.2 Å². The van der Waals surface area contributed by atoms with Gasteiger partial charge in [0.25, 0.3) is 5.91 Å². The van der Waals surface area contributed by atoms with Crippen molar-refractivity contribution in [2.45, 2.75) is 25.1 Å². The Morgan fingerprint density at radius 2 is 1.82 bits per heavy atom. The molecule has 0 saturated carbocycles. The number of benzene rings is 2. The van der Waals surface area contributed by atoms with Gasteiger partial charge in [-0.2, -0.15) is 13.2 Å². The first kappa shape index (κ1) is 24.9. The van der Waals surface area contributed by atoms with E-state index in [1.807, 2.05) is 0 Å². The van der Waals surface area contributed by atoms with Crippen LogP contribution in [0.3, 0.4) is 0 Å². The second kappa shape index (κ2) is 11.0. The summed E-state index contributed by atoms with van der Waals surface area (Å²) in [5.74, 6) is -1.10. The summed E-state index contributed by atoms with van der Waals surface area (Å²) in [6.07, 6.45) is -3.33. The van der Waals surface area contributed by atoms with Gasteiger partial charge in [-0.15, -0.1) is 0 Å². The van der Waals surface area contributed by atoms with Gasteiger partial charge in [-0.25, -0.2) is 0 Å². The molecule has 1 aliphatic heterocycles. The van der Waals surface area contributed by atoms with E-state index in [0.717, 1.165) is 38.1 Å². The highest BCUT2D eigenvalue weighted by Crippen LogP contribution is 2.35. The van der Waals surface area contributed by atoms with Crippen molar-refractivity contribution in [1.82, 2.24) is 4.90 Å². The summed E-state index contributed by atoms with van der Waals surface area (Å²) in [6.45, 7) is 2.23. The van der Waals surface area contributed by atoms with Crippen LogP contribution >= 0.6 is 11.6 Å². The van der Waals surface area contributed by atoms with E-state index < -0.39 is 30.0 Å². The highest BCUT2D eigenvalue weighted by Gasteiger charge is 2.31. The van der Waals surface area contributed by atoms with Crippen LogP contribution < -0.4 is 14.8 Å². The number of aliphatic hydroxyl groups is 1. The highest BCUT2D eigenvalue weighted by molar-refractivity contribution is 6.32. The van der Waals surface area contributed by atoms with Crippen molar-refractivity contribution in [2.24, 2.45) is 0 Å². The Balaban J connectivity index is 1.46. The van der Waals surface area contributed by atoms with E-state index in [4.69, 9.17) is 21.1 Å². The molecule has 33 heavy (non-hydrogen) atoms. The highest BCUT2D eigenvalue weighted by atomic mass is 35.5. The smallest absolute Gasteiger partial charge is 0.416 e. The van der Waals surface area contributed by atoms with Gasteiger partial charge in [0.1, 0.15) is 12.4 Å². The van der Waals surface area contributed by atoms with E-state index >= 15 is 0 Å². The van der Waals surface area contributed by atoms with Crippen LogP contribution in [0.1, 0.15) is 18.4 Å². The summed E-state index contributed by atoms with van der Waals surface area (Å²) in [7, 11) is 0. The topological polar surface area (TPSA) is 91.3 Å². The average Bonchev–Trinajstić information content (AvgIpc) is 2.75. The first-order chi connectivity index (χ1) is 15.6. The summed E-state index contributed by atoms with van der Waals surface area (Å²) in [5.41, 5.74) is -0.647. The maximum atomic E-state index is 12.6. The minimum absolute atomic E-state index is 0.231. The van der Waals surface area contributed by atoms with Gasteiger partial charge in [0.15, 0.2) is 18.1 Å². The van der Waals surface area contributed by atoms with Crippen molar-refractivity contribution >= 4 is 23.2 Å². The number of halogens is 4. The number of nitrogens with zero attached hydrogens (tertiary/aromatic N) is 1. The molecule has 1 aliphatic rings. The Morgan fingerprint density at radius 3 is 2.45 bits per heavy atom. The van der Waals surface area contributed by atoms with Crippen molar-refractivity contribution in [3.05, 3.63) is 47.0 Å². The third-order valence-corrected chi connectivity index (χ3v) is 5.38. The molecule has 0 radical (unpaired) electrons. The first-order valence-corrected chi connectivity index (χ1v) is 10.7. The van der Waals surface area contributed by atoms with E-state index in [0.29, 0.717) is 35.7 Å². The lowest BCUT2D eigenvalue weighted by Gasteiger charge is -2.29. The lowest BCUT2D eigenvalue weighted by molar-refractivity contribution is -0.137. The Hall–Kier alpha value is -2.69. The van der Waals surface area contributed by atoms with Gasteiger partial charge in [-0.1, -0.05) is 11.6 Å². The number of ether oxygens (including phenoxy) is 2. The van der Waals surface area contributed by atoms with Crippen LogP contribution in [-0.2, 0) is 11.0 Å². The summed E-state index contributed by atoms with van der Waals surface area (Å²) in [5, 5.41) is 22.1. The molecule has 11 heteroatoms. The third kappa shape index (κ3) is 7.41. The predicted molar refractivity (Wildman–Crippen MR) is 116 cm³/mol. The number of carbonyl (C=O) groups excluding carboxylic acids is 1. The zero-order valence-corrected chi connectivity index (χ0v) is 18.3. The van der Waals surface area contributed by atoms with Crippen molar-refractivity contribution in [1.29, 1.82) is 0 Å². The van der Waals surface area contributed by atoms with Gasteiger partial charge in [0.2, 0.25) is 0 Å². The molecule has 1 amide bonds. The number of phenolic OH excluding ortho intramolecular Hbond substituents is 1. The van der Waals surface area contributed by atoms with Gasteiger partial charge in [-0.05, 0) is 49.2 Å². The number of aliphatic hydroxyl groups excluding tert-OH is 1. The lowest BCUT2D eigenvalue weighted by atomic mass is 10.1. The fraction of sp³-hybridized carbons (Fsp3) is 0.409. The number of rotatable bonds is 8. The molecule has 0 atom stereocenters. The summed E-state index contributed by atoms with van der Waals surface area (Å²) >= 11 is 6.22. The number of hydrogen-bond donors (Lipinski definition) is 3. The van der Waals surface area contributed by atoms with Gasteiger partial charge >= 0.3 is 6.18 Å². The number of amides is 1. The normalized spacial score (nSPS) is 15.3. The van der Waals surface area contributed by atoms with Gasteiger partial charge < -0.3 is 25.0 Å². The van der Waals surface area contributed by atoms with Gasteiger partial charge in [0.05, 0.1) is 16.7 Å². The minimum Gasteiger partial charge on any atom is -0.504 e. The van der Waals surface area contributed by atoms with Crippen LogP contribution in [0.15, 0.2) is 36.4 Å². The van der Waals surface area contributed by atoms with Crippen molar-refractivity contribution in [2.75, 3.05) is 38.2 Å². The standard InChI is InChI=1S/C22H24ClF3N2O5/c23-17-12-15(2-4-19(17)32-10-9-28-7-5-16(29)6-8-28)27-21(31)13-33-20-3-1-14(11-18(20)30)22(24,25)26/h1-4,11-12,16,29-30H,5-10,13H2,(H,27,31). The Bertz CT molecular complexity index is 966. The molecule has 7 nitrogen and oxygen atoms in total. The van der Waals surface area contributed by atoms with Crippen LogP contribution in [-0.4, -0.2) is 60.0 Å². The minimum atomic E-state index is -4.60. The van der Waals surface area contributed by atoms with Crippen LogP contribution in [0.25, 0.3) is 0 Å². The number of aromatic hydroxyl groups is 1. The molecule has 1 saturated heterocycles. The molecule has 3 rings (SSSR count). The SMILES string of the molecule is O=C(COc1ccc(C(F)(F)F)cc1O)Nc1ccc(OCCN2CCC(O)CC2)c(Cl)c1. The van der Waals surface area contributed by atoms with Gasteiger partial charge in [-0.3, -0.25) is 9.69 Å². The van der Waals surface area contributed by atoms with Crippen LogP contribution in [0.2, 0.25) is 5.02 Å². The van der Waals surface area contributed by atoms with E-state index in [-0.39, 0.29) is 11.9 Å². The molecule has 2 aromatic carbocycles. The molecule has 180 valence electrons. The second-order valence-corrected chi connectivity index (χ2v) is 7.99. The molecule has 0 unspecified atom stereocenters. The Morgan fingerprint density at radius 1 is 1.12 bits per heavy atom. The molecule has 2 aromatic rings. The zero-order valence-electron chi connectivity index (χ0n) is 17.6. The molecule has 0 aliphatic carbocycles. The van der Waals surface area contributed by atoms with E-state index in [1.165, 1.54) is 6.07 Å². The molecular formula is C22H24ClF3N2O5. The monoisotopic (exact) mass is 488 g/mol. The number of likely N-dealkylation sites (tertiary alicyclic amines) is 1. The van der Waals surface area contributed by atoms with Crippen molar-refractivity contribution in [3.63, 3.8) is 0 Å². The fourth-order valence-electron chi connectivity index (χ4n) is 3.28. The number of carbonyl (C=O) groups is 1. The molecule has 0 bridgehead atoms. The molecule has 1 fully saturated rings. The lowest BCUT2D eigenvalue weighted by Crippen LogP contribution is -2.38. The third-order valence-electron chi connectivity index (χ3n) is 5.08. The molecule has 1 heterocycles. The van der Waals surface area contributed by atoms with E-state index in [2.05, 4.69) is 10.2 Å². The molecular weight excluding hydrogens is 465 g/mol. The number of phenols is 1. The van der Waals surface area contributed by atoms with Crippen molar-refractivity contribution in [3.8, 4) is 17.2 Å². The van der Waals surface area contributed by atoms with E-state index in [1.54, 1.807) is 12.1 Å². The predicted octanol–water partition coefficient (Wildman–Crippen LogP) is 3.92. The zero-order chi connectivity index (χ0) is 24.0. The number of anilines is 1. The Labute approximate surface area is 193 Å². The molecule has 3 N–H and O–H groups in total. The quantitative estimate of drug-likeness (QED) is 0.522. The fourth-order valence-corrected chi connectivity index (χ4v) is 3.51. The Kier molecular flexibility index (Phi) is 8.28. The number of piperidine rings is 1. The summed E-state index contributed by atoms with van der Waals surface area (Å²) in [6, 6.07) is 6.93. The number of nitrogens with one attached hydrogen (secondary N) is 1. The van der Waals surface area contributed by atoms with Crippen LogP contribution in [0.5, 0.6) is 17.2 Å². The van der Waals surface area contributed by atoms with Gasteiger partial charge in [0, 0.05) is 25.3 Å². The van der Waals surface area contributed by atoms with Crippen LogP contribution in [0.4, 0.5) is 18.9 Å². The van der Waals surface area contributed by atoms with Crippen LogP contribution in [0, 0.1) is 0 Å². The second-order valence-electron chi connectivity index (χ2n) is 7.58. The number of alkyl halides is 3. The largest absolute Gasteiger partial charge is 0.504 e. The molecule has 0 spiro atoms. The number of hydrogen-bond acceptors (Lipinski definition) is 6. The molecule has 0 aromatic heterocycles. The summed E-state index contributed by atoms with van der Waals surface area (Å²) < 4.78 is 48.7. The summed E-state index contributed by atoms with van der Waals surface area (Å²) in [4.78, 5) is 14.3. The average molecular weight is 489 g/mol.